The van der Waals surface area contributed by atoms with Crippen LogP contribution in [0.1, 0.15) is 63.6 Å². The van der Waals surface area contributed by atoms with Gasteiger partial charge in [0, 0.05) is 17.2 Å². The molecule has 2 rings (SSSR count). The quantitative estimate of drug-likeness (QED) is 0.896. The number of aromatic nitrogens is 1. The van der Waals surface area contributed by atoms with Crippen LogP contribution < -0.4 is 0 Å². The van der Waals surface area contributed by atoms with Gasteiger partial charge < -0.3 is 10.2 Å². The van der Waals surface area contributed by atoms with Crippen molar-refractivity contribution in [1.82, 2.24) is 4.98 Å². The molecule has 108 valence electrons. The summed E-state index contributed by atoms with van der Waals surface area (Å²) in [7, 11) is 0. The van der Waals surface area contributed by atoms with Crippen molar-refractivity contribution in [3.05, 3.63) is 16.1 Å². The van der Waals surface area contributed by atoms with Gasteiger partial charge in [0.1, 0.15) is 0 Å². The molecule has 1 saturated carbocycles. The van der Waals surface area contributed by atoms with Gasteiger partial charge in [0.2, 0.25) is 0 Å². The Bertz CT molecular complexity index is 416. The van der Waals surface area contributed by atoms with Crippen molar-refractivity contribution in [3.8, 4) is 0 Å². The van der Waals surface area contributed by atoms with Gasteiger partial charge in [0.15, 0.2) is 0 Å². The number of aliphatic hydroxyl groups excluding tert-OH is 1. The van der Waals surface area contributed by atoms with E-state index in [0.717, 1.165) is 23.5 Å². The Morgan fingerprint density at radius 2 is 1.95 bits per heavy atom. The highest BCUT2D eigenvalue weighted by Gasteiger charge is 2.37. The normalized spacial score (nSPS) is 21.3. The second-order valence-electron chi connectivity index (χ2n) is 6.76. The Balaban J connectivity index is 2.02. The van der Waals surface area contributed by atoms with Crippen molar-refractivity contribution >= 4 is 11.3 Å². The van der Waals surface area contributed by atoms with Gasteiger partial charge in [-0.05, 0) is 12.8 Å². The maximum atomic E-state index is 10.5. The topological polar surface area (TPSA) is 53.4 Å². The van der Waals surface area contributed by atoms with Crippen LogP contribution in [0.15, 0.2) is 5.38 Å². The molecule has 1 aliphatic carbocycles. The molecule has 0 radical (unpaired) electrons. The van der Waals surface area contributed by atoms with Gasteiger partial charge in [-0.3, -0.25) is 0 Å². The van der Waals surface area contributed by atoms with Crippen molar-refractivity contribution in [2.75, 3.05) is 0 Å². The molecule has 0 saturated heterocycles. The van der Waals surface area contributed by atoms with Crippen LogP contribution in [0.2, 0.25) is 0 Å². The molecule has 4 heteroatoms. The highest BCUT2D eigenvalue weighted by molar-refractivity contribution is 7.09. The Morgan fingerprint density at radius 1 is 1.32 bits per heavy atom. The van der Waals surface area contributed by atoms with E-state index < -0.39 is 11.7 Å². The lowest BCUT2D eigenvalue weighted by atomic mass is 9.80. The number of rotatable bonds is 3. The monoisotopic (exact) mass is 283 g/mol. The van der Waals surface area contributed by atoms with E-state index in [4.69, 9.17) is 0 Å². The van der Waals surface area contributed by atoms with E-state index in [1.807, 2.05) is 0 Å². The van der Waals surface area contributed by atoms with Crippen LogP contribution in [0.4, 0.5) is 0 Å². The lowest BCUT2D eigenvalue weighted by molar-refractivity contribution is -0.0960. The molecule has 0 spiro atoms. The second kappa shape index (κ2) is 5.51. The first-order valence-electron chi connectivity index (χ1n) is 7.17. The van der Waals surface area contributed by atoms with Gasteiger partial charge in [0.25, 0.3) is 0 Å². The SMILES string of the molecule is CC(C)(C)c1csc(CC(O)C2(O)CCCCC2)n1. The van der Waals surface area contributed by atoms with Gasteiger partial charge in [0.05, 0.1) is 22.4 Å². The van der Waals surface area contributed by atoms with E-state index in [2.05, 4.69) is 31.1 Å². The molecule has 1 aliphatic rings. The number of aliphatic hydroxyl groups is 2. The van der Waals surface area contributed by atoms with E-state index in [1.165, 1.54) is 6.42 Å². The lowest BCUT2D eigenvalue weighted by Crippen LogP contribution is -2.45. The Morgan fingerprint density at radius 3 is 2.47 bits per heavy atom. The highest BCUT2D eigenvalue weighted by atomic mass is 32.1. The molecule has 2 N–H and O–H groups in total. The fourth-order valence-electron chi connectivity index (χ4n) is 2.60. The molecule has 0 aromatic carbocycles. The Kier molecular flexibility index (Phi) is 4.33. The number of thiazole rings is 1. The predicted octanol–water partition coefficient (Wildman–Crippen LogP) is 3.04. The molecule has 1 unspecified atom stereocenters. The molecule has 1 aromatic heterocycles. The molecule has 0 amide bonds. The van der Waals surface area contributed by atoms with Crippen molar-refractivity contribution < 1.29 is 10.2 Å². The summed E-state index contributed by atoms with van der Waals surface area (Å²) in [5, 5.41) is 23.8. The van der Waals surface area contributed by atoms with Crippen molar-refractivity contribution in [1.29, 1.82) is 0 Å². The zero-order valence-electron chi connectivity index (χ0n) is 12.1. The molecule has 3 nitrogen and oxygen atoms in total. The van der Waals surface area contributed by atoms with Gasteiger partial charge >= 0.3 is 0 Å². The van der Waals surface area contributed by atoms with E-state index in [0.29, 0.717) is 19.3 Å². The first-order chi connectivity index (χ1) is 8.81. The Labute approximate surface area is 119 Å². The summed E-state index contributed by atoms with van der Waals surface area (Å²) < 4.78 is 0. The van der Waals surface area contributed by atoms with Crippen LogP contribution >= 0.6 is 11.3 Å². The first-order valence-corrected chi connectivity index (χ1v) is 8.04. The summed E-state index contributed by atoms with van der Waals surface area (Å²) in [6.07, 6.45) is 4.40. The van der Waals surface area contributed by atoms with Crippen molar-refractivity contribution in [2.45, 2.75) is 76.4 Å². The number of hydrogen-bond acceptors (Lipinski definition) is 4. The molecule has 1 aromatic rings. The highest BCUT2D eigenvalue weighted by Crippen LogP contribution is 2.33. The maximum absolute atomic E-state index is 10.5. The summed E-state index contributed by atoms with van der Waals surface area (Å²) in [6.45, 7) is 6.41. The van der Waals surface area contributed by atoms with Gasteiger partial charge in [-0.2, -0.15) is 0 Å². The molecule has 0 aliphatic heterocycles. The molecule has 19 heavy (non-hydrogen) atoms. The van der Waals surface area contributed by atoms with Crippen molar-refractivity contribution in [2.24, 2.45) is 0 Å². The van der Waals surface area contributed by atoms with E-state index in [1.54, 1.807) is 11.3 Å². The fraction of sp³-hybridized carbons (Fsp3) is 0.800. The first kappa shape index (κ1) is 14.9. The van der Waals surface area contributed by atoms with Crippen LogP contribution in [0, 0.1) is 0 Å². The van der Waals surface area contributed by atoms with E-state index in [9.17, 15) is 10.2 Å². The molecule has 1 atom stereocenters. The van der Waals surface area contributed by atoms with Gasteiger partial charge in [-0.1, -0.05) is 40.0 Å². The van der Waals surface area contributed by atoms with Crippen LogP contribution in [-0.4, -0.2) is 26.9 Å². The van der Waals surface area contributed by atoms with Crippen LogP contribution in [0.3, 0.4) is 0 Å². The molecular formula is C15H25NO2S. The molecular weight excluding hydrogens is 258 g/mol. The van der Waals surface area contributed by atoms with E-state index in [-0.39, 0.29) is 5.41 Å². The average molecular weight is 283 g/mol. The third-order valence-corrected chi connectivity index (χ3v) is 4.90. The summed E-state index contributed by atoms with van der Waals surface area (Å²) >= 11 is 1.59. The fourth-order valence-corrected chi connectivity index (χ4v) is 3.66. The average Bonchev–Trinajstić information content (AvgIpc) is 2.78. The van der Waals surface area contributed by atoms with Crippen LogP contribution in [0.25, 0.3) is 0 Å². The smallest absolute Gasteiger partial charge is 0.0955 e. The maximum Gasteiger partial charge on any atom is 0.0955 e. The number of hydrogen-bond donors (Lipinski definition) is 2. The zero-order chi connectivity index (χ0) is 14.1. The number of nitrogens with zero attached hydrogens (tertiary/aromatic N) is 1. The van der Waals surface area contributed by atoms with Crippen molar-refractivity contribution in [3.63, 3.8) is 0 Å². The van der Waals surface area contributed by atoms with Gasteiger partial charge in [-0.15, -0.1) is 11.3 Å². The minimum absolute atomic E-state index is 0.0431. The summed E-state index contributed by atoms with van der Waals surface area (Å²) in [5.41, 5.74) is 0.211. The summed E-state index contributed by atoms with van der Waals surface area (Å²) in [6, 6.07) is 0. The molecule has 1 heterocycles. The minimum Gasteiger partial charge on any atom is -0.390 e. The lowest BCUT2D eigenvalue weighted by Gasteiger charge is -2.36. The molecule has 1 fully saturated rings. The zero-order valence-corrected chi connectivity index (χ0v) is 13.0. The molecule has 0 bridgehead atoms. The van der Waals surface area contributed by atoms with Crippen LogP contribution in [0.5, 0.6) is 0 Å². The van der Waals surface area contributed by atoms with Gasteiger partial charge in [-0.25, -0.2) is 4.98 Å². The second-order valence-corrected chi connectivity index (χ2v) is 7.70. The predicted molar refractivity (Wildman–Crippen MR) is 78.6 cm³/mol. The summed E-state index contributed by atoms with van der Waals surface area (Å²) in [4.78, 5) is 4.59. The summed E-state index contributed by atoms with van der Waals surface area (Å²) in [5.74, 6) is 0. The van der Waals surface area contributed by atoms with Crippen LogP contribution in [-0.2, 0) is 11.8 Å². The largest absolute Gasteiger partial charge is 0.390 e. The van der Waals surface area contributed by atoms with E-state index >= 15 is 0 Å². The Hall–Kier alpha value is -0.450. The third-order valence-electron chi connectivity index (χ3n) is 4.03. The third kappa shape index (κ3) is 3.56. The minimum atomic E-state index is -0.897. The standard InChI is InChI=1S/C15H25NO2S/c1-14(2,3)11-10-19-13(16-11)9-12(17)15(18)7-5-4-6-8-15/h10,12,17-18H,4-9H2,1-3H3.